The fourth-order valence-electron chi connectivity index (χ4n) is 4.08. The van der Waals surface area contributed by atoms with Crippen LogP contribution >= 0.6 is 0 Å². The highest BCUT2D eigenvalue weighted by atomic mass is 19.4. The van der Waals surface area contributed by atoms with Gasteiger partial charge in [0, 0.05) is 25.2 Å². The number of hydrogen-bond acceptors (Lipinski definition) is 2. The van der Waals surface area contributed by atoms with Crippen LogP contribution in [0, 0.1) is 12.7 Å². The first-order valence-corrected chi connectivity index (χ1v) is 9.88. The Hall–Kier alpha value is -2.13. The molecule has 31 heavy (non-hydrogen) atoms. The van der Waals surface area contributed by atoms with E-state index in [1.165, 1.54) is 12.1 Å². The van der Waals surface area contributed by atoms with Crippen molar-refractivity contribution < 1.29 is 30.7 Å². The summed E-state index contributed by atoms with van der Waals surface area (Å²) in [6, 6.07) is 5.79. The van der Waals surface area contributed by atoms with Crippen molar-refractivity contribution in [2.45, 2.75) is 50.6 Å². The third-order valence-corrected chi connectivity index (χ3v) is 5.68. The maximum Gasteiger partial charge on any atom is 0.416 e. The zero-order chi connectivity index (χ0) is 23.0. The van der Waals surface area contributed by atoms with E-state index in [0.29, 0.717) is 19.4 Å². The number of rotatable bonds is 4. The Labute approximate surface area is 175 Å². The van der Waals surface area contributed by atoms with E-state index in [1.807, 2.05) is 4.90 Å². The van der Waals surface area contributed by atoms with Crippen molar-refractivity contribution in [3.05, 3.63) is 70.0 Å². The predicted molar refractivity (Wildman–Crippen MR) is 103 cm³/mol. The van der Waals surface area contributed by atoms with Crippen molar-refractivity contribution >= 4 is 0 Å². The van der Waals surface area contributed by atoms with Crippen LogP contribution in [0.25, 0.3) is 0 Å². The lowest BCUT2D eigenvalue weighted by atomic mass is 9.89. The lowest BCUT2D eigenvalue weighted by Gasteiger charge is -2.39. The van der Waals surface area contributed by atoms with E-state index < -0.39 is 23.5 Å². The van der Waals surface area contributed by atoms with E-state index in [2.05, 4.69) is 0 Å². The van der Waals surface area contributed by atoms with Gasteiger partial charge in [-0.05, 0) is 73.2 Å². The number of aryl methyl sites for hydroxylation is 1. The fourth-order valence-corrected chi connectivity index (χ4v) is 4.08. The van der Waals surface area contributed by atoms with Gasteiger partial charge in [-0.25, -0.2) is 4.39 Å². The summed E-state index contributed by atoms with van der Waals surface area (Å²) in [6.07, 6.45) is -8.50. The second kappa shape index (κ2) is 8.78. The van der Waals surface area contributed by atoms with E-state index in [1.54, 1.807) is 13.0 Å². The third kappa shape index (κ3) is 5.77. The minimum absolute atomic E-state index is 0.0129. The first kappa shape index (κ1) is 23.5. The number of piperidine rings is 1. The summed E-state index contributed by atoms with van der Waals surface area (Å²) in [4.78, 5) is 2.00. The number of benzene rings is 2. The molecule has 0 amide bonds. The number of halogens is 7. The topological polar surface area (TPSA) is 29.3 Å². The van der Waals surface area contributed by atoms with Gasteiger partial charge in [0.2, 0.25) is 0 Å². The molecule has 2 N–H and O–H groups in total. The maximum absolute atomic E-state index is 13.5. The van der Waals surface area contributed by atoms with Crippen molar-refractivity contribution in [1.82, 2.24) is 4.90 Å². The molecule has 0 saturated carbocycles. The molecular formula is C22H23F7N2. The molecule has 9 heteroatoms. The normalized spacial score (nSPS) is 20.8. The minimum Gasteiger partial charge on any atom is -0.328 e. The van der Waals surface area contributed by atoms with Gasteiger partial charge in [-0.1, -0.05) is 6.07 Å². The standard InChI is InChI=1S/C22H23F7N2/c1-13-8-17(23)2-3-19(13)20-12-18(30)5-7-31(20)6-4-14-9-15(21(24,25)26)11-16(10-14)22(27,28)29/h2-3,8-11,18,20H,4-7,12,30H2,1H3/t18-,20+/m0/s1. The average Bonchev–Trinajstić information content (AvgIpc) is 2.65. The van der Waals surface area contributed by atoms with Gasteiger partial charge in [-0.3, -0.25) is 4.90 Å². The molecule has 170 valence electrons. The van der Waals surface area contributed by atoms with Gasteiger partial charge in [0.1, 0.15) is 5.82 Å². The zero-order valence-corrected chi connectivity index (χ0v) is 16.8. The quantitative estimate of drug-likeness (QED) is 0.592. The van der Waals surface area contributed by atoms with Gasteiger partial charge in [-0.15, -0.1) is 0 Å². The van der Waals surface area contributed by atoms with Crippen molar-refractivity contribution in [3.63, 3.8) is 0 Å². The van der Waals surface area contributed by atoms with E-state index in [-0.39, 0.29) is 42.5 Å². The van der Waals surface area contributed by atoms with Crippen LogP contribution in [0.4, 0.5) is 30.7 Å². The monoisotopic (exact) mass is 448 g/mol. The van der Waals surface area contributed by atoms with Crippen LogP contribution in [0.3, 0.4) is 0 Å². The molecule has 0 aliphatic carbocycles. The molecule has 0 spiro atoms. The molecule has 2 aromatic rings. The van der Waals surface area contributed by atoms with Gasteiger partial charge >= 0.3 is 12.4 Å². The number of nitrogens with zero attached hydrogens (tertiary/aromatic N) is 1. The summed E-state index contributed by atoms with van der Waals surface area (Å²) in [5.41, 5.74) is 5.01. The molecule has 2 atom stereocenters. The van der Waals surface area contributed by atoms with Crippen LogP contribution in [-0.2, 0) is 18.8 Å². The van der Waals surface area contributed by atoms with Crippen molar-refractivity contribution in [2.24, 2.45) is 5.73 Å². The smallest absolute Gasteiger partial charge is 0.328 e. The van der Waals surface area contributed by atoms with Gasteiger partial charge < -0.3 is 5.73 Å². The fraction of sp³-hybridized carbons (Fsp3) is 0.455. The number of hydrogen-bond donors (Lipinski definition) is 1. The van der Waals surface area contributed by atoms with Crippen LogP contribution in [0.5, 0.6) is 0 Å². The molecule has 0 unspecified atom stereocenters. The molecule has 1 heterocycles. The number of likely N-dealkylation sites (tertiary alicyclic amines) is 1. The van der Waals surface area contributed by atoms with Crippen LogP contribution in [0.1, 0.15) is 46.7 Å². The van der Waals surface area contributed by atoms with Crippen molar-refractivity contribution in [2.75, 3.05) is 13.1 Å². The van der Waals surface area contributed by atoms with Crippen LogP contribution in [0.15, 0.2) is 36.4 Å². The van der Waals surface area contributed by atoms with Gasteiger partial charge in [0.25, 0.3) is 0 Å². The lowest BCUT2D eigenvalue weighted by Crippen LogP contribution is -2.43. The highest BCUT2D eigenvalue weighted by molar-refractivity contribution is 5.34. The Morgan fingerprint density at radius 2 is 1.58 bits per heavy atom. The van der Waals surface area contributed by atoms with E-state index in [9.17, 15) is 30.7 Å². The molecule has 0 bridgehead atoms. The Balaban J connectivity index is 1.86. The van der Waals surface area contributed by atoms with E-state index in [4.69, 9.17) is 5.73 Å². The zero-order valence-electron chi connectivity index (χ0n) is 16.8. The molecule has 1 fully saturated rings. The van der Waals surface area contributed by atoms with Crippen LogP contribution < -0.4 is 5.73 Å². The van der Waals surface area contributed by atoms with Gasteiger partial charge in [-0.2, -0.15) is 26.3 Å². The molecular weight excluding hydrogens is 425 g/mol. The van der Waals surface area contributed by atoms with Crippen LogP contribution in [-0.4, -0.2) is 24.0 Å². The van der Waals surface area contributed by atoms with Crippen molar-refractivity contribution in [1.29, 1.82) is 0 Å². The maximum atomic E-state index is 13.5. The second-order valence-electron chi connectivity index (χ2n) is 8.00. The van der Waals surface area contributed by atoms with Crippen LogP contribution in [0.2, 0.25) is 0 Å². The number of alkyl halides is 6. The molecule has 1 saturated heterocycles. The summed E-state index contributed by atoms with van der Waals surface area (Å²) >= 11 is 0. The first-order chi connectivity index (χ1) is 14.3. The Morgan fingerprint density at radius 1 is 0.968 bits per heavy atom. The summed E-state index contributed by atoms with van der Waals surface area (Å²) in [7, 11) is 0. The third-order valence-electron chi connectivity index (χ3n) is 5.68. The SMILES string of the molecule is Cc1cc(F)ccc1[C@H]1C[C@@H](N)CCN1CCc1cc(C(F)(F)F)cc(C(F)(F)F)c1. The van der Waals surface area contributed by atoms with Crippen molar-refractivity contribution in [3.8, 4) is 0 Å². The Bertz CT molecular complexity index is 889. The minimum atomic E-state index is -4.87. The molecule has 1 aliphatic rings. The predicted octanol–water partition coefficient (Wildman–Crippen LogP) is 5.88. The molecule has 1 aliphatic heterocycles. The van der Waals surface area contributed by atoms with Gasteiger partial charge in [0.15, 0.2) is 0 Å². The highest BCUT2D eigenvalue weighted by Gasteiger charge is 2.37. The molecule has 3 rings (SSSR count). The second-order valence-corrected chi connectivity index (χ2v) is 8.00. The Kier molecular flexibility index (Phi) is 6.67. The highest BCUT2D eigenvalue weighted by Crippen LogP contribution is 2.37. The molecule has 0 radical (unpaired) electrons. The first-order valence-electron chi connectivity index (χ1n) is 9.88. The summed E-state index contributed by atoms with van der Waals surface area (Å²) < 4.78 is 92.2. The molecule has 0 aromatic heterocycles. The van der Waals surface area contributed by atoms with E-state index in [0.717, 1.165) is 23.3 Å². The summed E-state index contributed by atoms with van der Waals surface area (Å²) in [5, 5.41) is 0. The molecule has 2 nitrogen and oxygen atoms in total. The largest absolute Gasteiger partial charge is 0.416 e. The lowest BCUT2D eigenvalue weighted by molar-refractivity contribution is -0.143. The molecule has 2 aromatic carbocycles. The van der Waals surface area contributed by atoms with E-state index >= 15 is 0 Å². The Morgan fingerprint density at radius 3 is 2.13 bits per heavy atom. The van der Waals surface area contributed by atoms with Gasteiger partial charge in [0.05, 0.1) is 11.1 Å². The summed E-state index contributed by atoms with van der Waals surface area (Å²) in [6.45, 7) is 2.57. The summed E-state index contributed by atoms with van der Waals surface area (Å²) in [5.74, 6) is -0.378. The average molecular weight is 448 g/mol. The number of nitrogens with two attached hydrogens (primary N) is 1.